The molecule has 1 N–H and O–H groups in total. The van der Waals surface area contributed by atoms with Crippen LogP contribution < -0.4 is 5.32 Å². The molecule has 3 nitrogen and oxygen atoms in total. The van der Waals surface area contributed by atoms with Gasteiger partial charge in [-0.3, -0.25) is 0 Å². The highest BCUT2D eigenvalue weighted by Crippen LogP contribution is 2.46. The van der Waals surface area contributed by atoms with Crippen molar-refractivity contribution in [2.45, 2.75) is 6.04 Å². The Hall–Kier alpha value is -7.62. The third-order valence-electron chi connectivity index (χ3n) is 11.5. The van der Waals surface area contributed by atoms with Crippen molar-refractivity contribution in [1.29, 1.82) is 0 Å². The normalized spacial score (nSPS) is 14.0. The smallest absolute Gasteiger partial charge is 0.145 e. The van der Waals surface area contributed by atoms with Gasteiger partial charge in [-0.15, -0.1) is 0 Å². The fraction of sp³-hybridized carbons (Fsp3) is 0.0182. The van der Waals surface area contributed by atoms with Crippen molar-refractivity contribution in [2.24, 2.45) is 0 Å². The van der Waals surface area contributed by atoms with Crippen molar-refractivity contribution in [1.82, 2.24) is 9.88 Å². The Bertz CT molecular complexity index is 3140. The molecule has 0 aliphatic carbocycles. The summed E-state index contributed by atoms with van der Waals surface area (Å²) in [4.78, 5) is 0. The number of benzene rings is 8. The number of dihydropyridines is 1. The molecule has 1 unspecified atom stereocenters. The van der Waals surface area contributed by atoms with Gasteiger partial charge in [0.25, 0.3) is 0 Å². The number of rotatable bonds is 7. The van der Waals surface area contributed by atoms with Gasteiger partial charge in [-0.2, -0.15) is 0 Å². The van der Waals surface area contributed by atoms with Crippen LogP contribution >= 0.6 is 0 Å². The Morgan fingerprint density at radius 1 is 0.431 bits per heavy atom. The molecule has 1 aliphatic heterocycles. The molecule has 58 heavy (non-hydrogen) atoms. The minimum atomic E-state index is -0.0215. The molecule has 2 aromatic heterocycles. The van der Waals surface area contributed by atoms with Gasteiger partial charge in [0.05, 0.1) is 22.5 Å². The lowest BCUT2D eigenvalue weighted by atomic mass is 9.92. The number of hydrogen-bond donors (Lipinski definition) is 1. The standard InChI is InChI=1S/C55H38N2O/c1-5-15-37(16-6-1)38-25-27-39(28-26-38)44-35-48(40-17-7-2-8-18-40)56-49(36-44)41-29-31-45(32-30-41)57-50-24-14-13-23-46(50)53-51(57)34-33-47-52(42-19-9-3-10-20-42)54(58-55(47)53)43-21-11-4-12-22-43/h1-36,49,56H. The Morgan fingerprint density at radius 2 is 1.00 bits per heavy atom. The van der Waals surface area contributed by atoms with E-state index >= 15 is 0 Å². The van der Waals surface area contributed by atoms with Gasteiger partial charge in [-0.05, 0) is 81.4 Å². The number of aromatic nitrogens is 1. The predicted molar refractivity (Wildman–Crippen MR) is 242 cm³/mol. The summed E-state index contributed by atoms with van der Waals surface area (Å²) < 4.78 is 9.37. The van der Waals surface area contributed by atoms with Crippen LogP contribution in [0.1, 0.15) is 22.7 Å². The maximum atomic E-state index is 7.00. The van der Waals surface area contributed by atoms with Crippen molar-refractivity contribution in [3.8, 4) is 39.3 Å². The minimum Gasteiger partial charge on any atom is -0.455 e. The zero-order valence-corrected chi connectivity index (χ0v) is 31.7. The second kappa shape index (κ2) is 14.1. The van der Waals surface area contributed by atoms with Gasteiger partial charge in [0.2, 0.25) is 0 Å². The summed E-state index contributed by atoms with van der Waals surface area (Å²) in [6.07, 6.45) is 4.62. The second-order valence-electron chi connectivity index (χ2n) is 14.9. The van der Waals surface area contributed by atoms with E-state index in [1.807, 2.05) is 0 Å². The van der Waals surface area contributed by atoms with E-state index < -0.39 is 0 Å². The van der Waals surface area contributed by atoms with Gasteiger partial charge in [-0.25, -0.2) is 0 Å². The molecule has 1 atom stereocenters. The highest BCUT2D eigenvalue weighted by Gasteiger charge is 2.24. The maximum absolute atomic E-state index is 7.00. The summed E-state index contributed by atoms with van der Waals surface area (Å²) in [5, 5.41) is 7.25. The van der Waals surface area contributed by atoms with Crippen LogP contribution in [-0.4, -0.2) is 4.57 Å². The molecule has 3 heteroatoms. The molecule has 274 valence electrons. The molecular weight excluding hydrogens is 705 g/mol. The number of para-hydroxylation sites is 1. The first-order valence-electron chi connectivity index (χ1n) is 19.9. The van der Waals surface area contributed by atoms with E-state index in [4.69, 9.17) is 4.42 Å². The highest BCUT2D eigenvalue weighted by atomic mass is 16.3. The first-order chi connectivity index (χ1) is 28.8. The molecule has 0 radical (unpaired) electrons. The number of nitrogens with zero attached hydrogens (tertiary/aromatic N) is 1. The van der Waals surface area contributed by atoms with Gasteiger partial charge in [0, 0.05) is 33.3 Å². The van der Waals surface area contributed by atoms with E-state index in [1.54, 1.807) is 0 Å². The first kappa shape index (κ1) is 33.7. The number of allylic oxidation sites excluding steroid dienone is 2. The van der Waals surface area contributed by atoms with E-state index in [-0.39, 0.29) is 6.04 Å². The lowest BCUT2D eigenvalue weighted by Crippen LogP contribution is -2.21. The number of hydrogen-bond acceptors (Lipinski definition) is 2. The van der Waals surface area contributed by atoms with Crippen LogP contribution in [0, 0.1) is 0 Å². The van der Waals surface area contributed by atoms with E-state index in [0.717, 1.165) is 72.2 Å². The molecule has 3 heterocycles. The van der Waals surface area contributed by atoms with E-state index in [0.29, 0.717) is 0 Å². The summed E-state index contributed by atoms with van der Waals surface area (Å²) in [6.45, 7) is 0. The SMILES string of the molecule is C1=C(c2ccc(-c3ccccc3)cc2)C=C(c2ccccc2)NC1c1ccc(-n2c3ccccc3c3c4oc(-c5ccccc5)c(-c5ccccc5)c4ccc32)cc1. The third-order valence-corrected chi connectivity index (χ3v) is 11.5. The van der Waals surface area contributed by atoms with E-state index in [1.165, 1.54) is 27.8 Å². The van der Waals surface area contributed by atoms with E-state index in [9.17, 15) is 0 Å². The van der Waals surface area contributed by atoms with E-state index in [2.05, 4.69) is 228 Å². The zero-order valence-electron chi connectivity index (χ0n) is 31.7. The Morgan fingerprint density at radius 3 is 1.69 bits per heavy atom. The summed E-state index contributed by atoms with van der Waals surface area (Å²) in [5.41, 5.74) is 15.9. The molecule has 10 aromatic rings. The Kier molecular flexibility index (Phi) is 8.22. The van der Waals surface area contributed by atoms with Crippen LogP contribution in [-0.2, 0) is 0 Å². The van der Waals surface area contributed by atoms with Crippen LogP contribution in [0.25, 0.3) is 83.3 Å². The van der Waals surface area contributed by atoms with Gasteiger partial charge >= 0.3 is 0 Å². The molecular formula is C55H38N2O. The van der Waals surface area contributed by atoms with Gasteiger partial charge in [0.15, 0.2) is 0 Å². The van der Waals surface area contributed by atoms with Crippen molar-refractivity contribution in [2.75, 3.05) is 0 Å². The number of furan rings is 1. The van der Waals surface area contributed by atoms with Crippen molar-refractivity contribution < 1.29 is 4.42 Å². The van der Waals surface area contributed by atoms with Gasteiger partial charge in [-0.1, -0.05) is 176 Å². The molecule has 0 fully saturated rings. The molecule has 8 aromatic carbocycles. The van der Waals surface area contributed by atoms with Crippen molar-refractivity contribution in [3.63, 3.8) is 0 Å². The average Bonchev–Trinajstić information content (AvgIpc) is 3.87. The van der Waals surface area contributed by atoms with Crippen LogP contribution in [0.3, 0.4) is 0 Å². The van der Waals surface area contributed by atoms with Gasteiger partial charge in [0.1, 0.15) is 11.3 Å². The number of fused-ring (bicyclic) bond motifs is 5. The minimum absolute atomic E-state index is 0.0215. The fourth-order valence-corrected chi connectivity index (χ4v) is 8.66. The highest BCUT2D eigenvalue weighted by molar-refractivity contribution is 6.22. The fourth-order valence-electron chi connectivity index (χ4n) is 8.66. The molecule has 0 bridgehead atoms. The first-order valence-corrected chi connectivity index (χ1v) is 19.9. The lowest BCUT2D eigenvalue weighted by molar-refractivity contribution is 0.636. The van der Waals surface area contributed by atoms with Crippen LogP contribution in [0.2, 0.25) is 0 Å². The largest absolute Gasteiger partial charge is 0.455 e. The Labute approximate surface area is 337 Å². The van der Waals surface area contributed by atoms with Gasteiger partial charge < -0.3 is 14.3 Å². The van der Waals surface area contributed by atoms with Crippen molar-refractivity contribution >= 4 is 44.0 Å². The molecule has 1 aliphatic rings. The van der Waals surface area contributed by atoms with Crippen LogP contribution in [0.15, 0.2) is 223 Å². The summed E-state index contributed by atoms with van der Waals surface area (Å²) >= 11 is 0. The summed E-state index contributed by atoms with van der Waals surface area (Å²) in [7, 11) is 0. The second-order valence-corrected chi connectivity index (χ2v) is 14.9. The average molecular weight is 743 g/mol. The summed E-state index contributed by atoms with van der Waals surface area (Å²) in [6, 6.07) is 73.3. The third kappa shape index (κ3) is 5.84. The summed E-state index contributed by atoms with van der Waals surface area (Å²) in [5.74, 6) is 0.888. The number of nitrogens with one attached hydrogen (secondary N) is 1. The quantitative estimate of drug-likeness (QED) is 0.176. The molecule has 11 rings (SSSR count). The molecule has 0 amide bonds. The topological polar surface area (TPSA) is 30.1 Å². The van der Waals surface area contributed by atoms with Crippen LogP contribution in [0.5, 0.6) is 0 Å². The van der Waals surface area contributed by atoms with Crippen LogP contribution in [0.4, 0.5) is 0 Å². The van der Waals surface area contributed by atoms with Crippen molar-refractivity contribution in [3.05, 3.63) is 235 Å². The predicted octanol–water partition coefficient (Wildman–Crippen LogP) is 14.3. The monoisotopic (exact) mass is 742 g/mol. The molecule has 0 saturated carbocycles. The molecule has 0 spiro atoms. The lowest BCUT2D eigenvalue weighted by Gasteiger charge is -2.26. The maximum Gasteiger partial charge on any atom is 0.145 e. The zero-order chi connectivity index (χ0) is 38.4. The molecule has 0 saturated heterocycles. The Balaban J connectivity index is 1.01.